The van der Waals surface area contributed by atoms with Gasteiger partial charge in [0, 0.05) is 26.2 Å². The third-order valence-electron chi connectivity index (χ3n) is 3.39. The van der Waals surface area contributed by atoms with Crippen molar-refractivity contribution >= 4 is 23.6 Å². The van der Waals surface area contributed by atoms with Gasteiger partial charge in [-0.25, -0.2) is 0 Å². The first-order chi connectivity index (χ1) is 8.08. The van der Waals surface area contributed by atoms with Gasteiger partial charge in [-0.05, 0) is 19.9 Å². The second-order valence-electron chi connectivity index (χ2n) is 4.66. The molecule has 0 unspecified atom stereocenters. The Hall–Kier alpha value is -0.750. The zero-order chi connectivity index (χ0) is 12.4. The fraction of sp³-hybridized carbons (Fsp3) is 0.818. The fourth-order valence-corrected chi connectivity index (χ4v) is 3.55. The lowest BCUT2D eigenvalue weighted by Crippen LogP contribution is -2.49. The standard InChI is InChI=1S/C11H18N2O3S/c1-12-4-6-13(7-5-12)10(14)8-2-3-9(17-8)11(15)16/h8-9H,2-7H2,1H3,(H,15,16)/t8-,9+/m0/s1. The molecule has 96 valence electrons. The van der Waals surface area contributed by atoms with Gasteiger partial charge in [-0.2, -0.15) is 0 Å². The van der Waals surface area contributed by atoms with E-state index in [1.807, 2.05) is 11.9 Å². The number of aliphatic carboxylic acids is 1. The highest BCUT2D eigenvalue weighted by Gasteiger charge is 2.37. The molecule has 0 saturated carbocycles. The maximum atomic E-state index is 12.2. The molecule has 2 saturated heterocycles. The molecule has 0 radical (unpaired) electrons. The SMILES string of the molecule is CN1CCN(C(=O)[C@@H]2CC[C@H](C(=O)O)S2)CC1. The zero-order valence-corrected chi connectivity index (χ0v) is 10.8. The van der Waals surface area contributed by atoms with Crippen LogP contribution in [0.5, 0.6) is 0 Å². The van der Waals surface area contributed by atoms with Gasteiger partial charge in [-0.15, -0.1) is 11.8 Å². The van der Waals surface area contributed by atoms with Crippen LogP contribution in [0.4, 0.5) is 0 Å². The molecular formula is C11H18N2O3S. The van der Waals surface area contributed by atoms with Crippen LogP contribution in [0, 0.1) is 0 Å². The van der Waals surface area contributed by atoms with Crippen molar-refractivity contribution in [1.29, 1.82) is 0 Å². The van der Waals surface area contributed by atoms with Crippen molar-refractivity contribution in [2.75, 3.05) is 33.2 Å². The van der Waals surface area contributed by atoms with Crippen molar-refractivity contribution in [2.24, 2.45) is 0 Å². The van der Waals surface area contributed by atoms with E-state index in [2.05, 4.69) is 4.90 Å². The van der Waals surface area contributed by atoms with Crippen molar-refractivity contribution in [3.8, 4) is 0 Å². The maximum Gasteiger partial charge on any atom is 0.316 e. The predicted molar refractivity (Wildman–Crippen MR) is 66.1 cm³/mol. The van der Waals surface area contributed by atoms with Crippen LogP contribution in [0.15, 0.2) is 0 Å². The Bertz CT molecular complexity index is 316. The topological polar surface area (TPSA) is 60.9 Å². The summed E-state index contributed by atoms with van der Waals surface area (Å²) in [6.45, 7) is 3.35. The number of hydrogen-bond acceptors (Lipinski definition) is 4. The second kappa shape index (κ2) is 5.27. The molecule has 2 atom stereocenters. The van der Waals surface area contributed by atoms with Gasteiger partial charge in [0.2, 0.25) is 5.91 Å². The molecule has 2 aliphatic heterocycles. The first-order valence-electron chi connectivity index (χ1n) is 5.93. The van der Waals surface area contributed by atoms with Crippen molar-refractivity contribution in [3.63, 3.8) is 0 Å². The monoisotopic (exact) mass is 258 g/mol. The number of carboxylic acids is 1. The normalized spacial score (nSPS) is 30.5. The summed E-state index contributed by atoms with van der Waals surface area (Å²) in [6.07, 6.45) is 1.32. The minimum Gasteiger partial charge on any atom is -0.480 e. The van der Waals surface area contributed by atoms with Crippen LogP contribution >= 0.6 is 11.8 Å². The van der Waals surface area contributed by atoms with E-state index in [-0.39, 0.29) is 11.2 Å². The van der Waals surface area contributed by atoms with Crippen molar-refractivity contribution < 1.29 is 14.7 Å². The first kappa shape index (κ1) is 12.7. The molecule has 6 heteroatoms. The summed E-state index contributed by atoms with van der Waals surface area (Å²) in [7, 11) is 2.05. The maximum absolute atomic E-state index is 12.2. The summed E-state index contributed by atoms with van der Waals surface area (Å²) in [5.74, 6) is -0.657. The van der Waals surface area contributed by atoms with E-state index in [0.29, 0.717) is 12.8 Å². The Morgan fingerprint density at radius 1 is 1.12 bits per heavy atom. The summed E-state index contributed by atoms with van der Waals surface area (Å²) in [5, 5.41) is 8.37. The van der Waals surface area contributed by atoms with Gasteiger partial charge in [-0.3, -0.25) is 9.59 Å². The fourth-order valence-electron chi connectivity index (χ4n) is 2.23. The Kier molecular flexibility index (Phi) is 3.93. The van der Waals surface area contributed by atoms with Gasteiger partial charge in [-0.1, -0.05) is 0 Å². The van der Waals surface area contributed by atoms with Crippen LogP contribution in [0.2, 0.25) is 0 Å². The van der Waals surface area contributed by atoms with E-state index in [0.717, 1.165) is 26.2 Å². The number of rotatable bonds is 2. The number of carboxylic acid groups (broad SMARTS) is 1. The molecule has 1 N–H and O–H groups in total. The number of carbonyl (C=O) groups excluding carboxylic acids is 1. The highest BCUT2D eigenvalue weighted by Crippen LogP contribution is 2.35. The third-order valence-corrected chi connectivity index (χ3v) is 4.92. The van der Waals surface area contributed by atoms with E-state index < -0.39 is 11.2 Å². The second-order valence-corrected chi connectivity index (χ2v) is 6.07. The van der Waals surface area contributed by atoms with E-state index in [1.165, 1.54) is 11.8 Å². The lowest BCUT2D eigenvalue weighted by Gasteiger charge is -2.33. The van der Waals surface area contributed by atoms with E-state index in [9.17, 15) is 9.59 Å². The molecule has 0 aliphatic carbocycles. The molecule has 2 rings (SSSR count). The van der Waals surface area contributed by atoms with Gasteiger partial charge in [0.25, 0.3) is 0 Å². The summed E-state index contributed by atoms with van der Waals surface area (Å²) < 4.78 is 0. The number of nitrogens with zero attached hydrogens (tertiary/aromatic N) is 2. The lowest BCUT2D eigenvalue weighted by molar-refractivity contribution is -0.136. The summed E-state index contributed by atoms with van der Waals surface area (Å²) in [5.41, 5.74) is 0. The molecular weight excluding hydrogens is 240 g/mol. The smallest absolute Gasteiger partial charge is 0.316 e. The molecule has 0 aromatic carbocycles. The molecule has 0 spiro atoms. The molecule has 2 heterocycles. The molecule has 2 fully saturated rings. The van der Waals surface area contributed by atoms with E-state index >= 15 is 0 Å². The molecule has 0 aromatic rings. The molecule has 1 amide bonds. The van der Waals surface area contributed by atoms with Crippen LogP contribution < -0.4 is 0 Å². The molecule has 0 aromatic heterocycles. The number of amides is 1. The highest BCUT2D eigenvalue weighted by molar-refractivity contribution is 8.02. The van der Waals surface area contributed by atoms with Crippen LogP contribution in [0.3, 0.4) is 0 Å². The number of hydrogen-bond donors (Lipinski definition) is 1. The summed E-state index contributed by atoms with van der Waals surface area (Å²) in [4.78, 5) is 27.1. The average molecular weight is 258 g/mol. The van der Waals surface area contributed by atoms with Crippen LogP contribution in [0.25, 0.3) is 0 Å². The lowest BCUT2D eigenvalue weighted by atomic mass is 10.1. The van der Waals surface area contributed by atoms with Crippen LogP contribution in [-0.4, -0.2) is 70.5 Å². The molecule has 5 nitrogen and oxygen atoms in total. The summed E-state index contributed by atoms with van der Waals surface area (Å²) in [6, 6.07) is 0. The first-order valence-corrected chi connectivity index (χ1v) is 6.88. The quantitative estimate of drug-likeness (QED) is 0.762. The third kappa shape index (κ3) is 2.93. The highest BCUT2D eigenvalue weighted by atomic mass is 32.2. The molecule has 17 heavy (non-hydrogen) atoms. The van der Waals surface area contributed by atoms with Crippen LogP contribution in [-0.2, 0) is 9.59 Å². The average Bonchev–Trinajstić information content (AvgIpc) is 2.78. The van der Waals surface area contributed by atoms with Gasteiger partial charge < -0.3 is 14.9 Å². The van der Waals surface area contributed by atoms with Crippen molar-refractivity contribution in [1.82, 2.24) is 9.80 Å². The Morgan fingerprint density at radius 3 is 2.24 bits per heavy atom. The Balaban J connectivity index is 1.86. The van der Waals surface area contributed by atoms with Gasteiger partial charge >= 0.3 is 5.97 Å². The van der Waals surface area contributed by atoms with E-state index in [4.69, 9.17) is 5.11 Å². The van der Waals surface area contributed by atoms with Gasteiger partial charge in [0.1, 0.15) is 5.25 Å². The minimum atomic E-state index is -0.788. The van der Waals surface area contributed by atoms with Crippen molar-refractivity contribution in [3.05, 3.63) is 0 Å². The number of likely N-dealkylation sites (N-methyl/N-ethyl adjacent to an activating group) is 1. The number of thioether (sulfide) groups is 1. The van der Waals surface area contributed by atoms with Crippen molar-refractivity contribution in [2.45, 2.75) is 23.3 Å². The summed E-state index contributed by atoms with van der Waals surface area (Å²) >= 11 is 1.32. The minimum absolute atomic E-state index is 0.131. The number of carbonyl (C=O) groups is 2. The van der Waals surface area contributed by atoms with Crippen LogP contribution in [0.1, 0.15) is 12.8 Å². The predicted octanol–water partition coefficient (Wildman–Crippen LogP) is 0.109. The largest absolute Gasteiger partial charge is 0.480 e. The molecule has 2 aliphatic rings. The number of piperazine rings is 1. The van der Waals surface area contributed by atoms with E-state index in [1.54, 1.807) is 0 Å². The molecule has 0 bridgehead atoms. The van der Waals surface area contributed by atoms with Gasteiger partial charge in [0.15, 0.2) is 0 Å². The van der Waals surface area contributed by atoms with Gasteiger partial charge in [0.05, 0.1) is 5.25 Å². The Labute approximate surface area is 105 Å². The Morgan fingerprint density at radius 2 is 1.71 bits per heavy atom. The zero-order valence-electron chi connectivity index (χ0n) is 9.96.